The predicted octanol–water partition coefficient (Wildman–Crippen LogP) is 2.90. The standard InChI is InChI=1S/C11H11Br2N3O/c1-2-16-11(13)8(6-15-16)10(17)7-5-14-4-3-9(7)12/h3-6,10,17H,2H2,1H3. The highest BCUT2D eigenvalue weighted by Gasteiger charge is 2.19. The Bertz CT molecular complexity index is 527. The van der Waals surface area contributed by atoms with E-state index in [2.05, 4.69) is 41.9 Å². The summed E-state index contributed by atoms with van der Waals surface area (Å²) in [4.78, 5) is 4.02. The first-order valence-corrected chi connectivity index (χ1v) is 6.72. The fourth-order valence-electron chi connectivity index (χ4n) is 1.55. The Morgan fingerprint density at radius 3 is 2.71 bits per heavy atom. The molecular formula is C11H11Br2N3O. The van der Waals surface area contributed by atoms with Gasteiger partial charge in [0, 0.05) is 34.5 Å². The summed E-state index contributed by atoms with van der Waals surface area (Å²) in [6.45, 7) is 2.75. The van der Waals surface area contributed by atoms with Crippen LogP contribution < -0.4 is 0 Å². The lowest BCUT2D eigenvalue weighted by Gasteiger charge is -2.11. The van der Waals surface area contributed by atoms with Crippen LogP contribution in [0.25, 0.3) is 0 Å². The van der Waals surface area contributed by atoms with Crippen molar-refractivity contribution in [2.24, 2.45) is 0 Å². The molecule has 2 heterocycles. The van der Waals surface area contributed by atoms with Gasteiger partial charge in [-0.2, -0.15) is 5.10 Å². The molecule has 90 valence electrons. The Labute approximate surface area is 116 Å². The number of aliphatic hydroxyl groups excluding tert-OH is 1. The smallest absolute Gasteiger partial charge is 0.111 e. The number of pyridine rings is 1. The van der Waals surface area contributed by atoms with Gasteiger partial charge in [-0.15, -0.1) is 0 Å². The van der Waals surface area contributed by atoms with Crippen molar-refractivity contribution in [3.63, 3.8) is 0 Å². The molecule has 0 aromatic carbocycles. The van der Waals surface area contributed by atoms with Crippen molar-refractivity contribution in [2.75, 3.05) is 0 Å². The number of aromatic nitrogens is 3. The van der Waals surface area contributed by atoms with Crippen LogP contribution in [0.4, 0.5) is 0 Å². The minimum Gasteiger partial charge on any atom is -0.383 e. The molecule has 1 atom stereocenters. The molecule has 0 radical (unpaired) electrons. The number of halogens is 2. The molecule has 2 aromatic heterocycles. The van der Waals surface area contributed by atoms with Gasteiger partial charge in [0.1, 0.15) is 10.7 Å². The SMILES string of the molecule is CCn1ncc(C(O)c2cnccc2Br)c1Br. The average Bonchev–Trinajstić information content (AvgIpc) is 2.70. The molecule has 0 aliphatic rings. The third-order valence-electron chi connectivity index (χ3n) is 2.49. The Kier molecular flexibility index (Phi) is 3.96. The van der Waals surface area contributed by atoms with Gasteiger partial charge in [-0.05, 0) is 28.9 Å². The van der Waals surface area contributed by atoms with Gasteiger partial charge in [-0.25, -0.2) is 0 Å². The van der Waals surface area contributed by atoms with Crippen LogP contribution in [0.3, 0.4) is 0 Å². The Morgan fingerprint density at radius 1 is 1.35 bits per heavy atom. The van der Waals surface area contributed by atoms with Crippen LogP contribution in [-0.2, 0) is 6.54 Å². The van der Waals surface area contributed by atoms with Gasteiger partial charge in [0.15, 0.2) is 0 Å². The van der Waals surface area contributed by atoms with Crippen LogP contribution in [0.2, 0.25) is 0 Å². The summed E-state index contributed by atoms with van der Waals surface area (Å²) in [5.74, 6) is 0. The fourth-order valence-corrected chi connectivity index (χ4v) is 2.65. The van der Waals surface area contributed by atoms with Crippen molar-refractivity contribution in [3.05, 3.63) is 44.9 Å². The maximum absolute atomic E-state index is 10.3. The van der Waals surface area contributed by atoms with Crippen LogP contribution in [0.15, 0.2) is 33.7 Å². The van der Waals surface area contributed by atoms with Crippen molar-refractivity contribution in [2.45, 2.75) is 19.6 Å². The van der Waals surface area contributed by atoms with E-state index >= 15 is 0 Å². The minimum atomic E-state index is -0.743. The molecule has 2 aromatic rings. The molecule has 17 heavy (non-hydrogen) atoms. The van der Waals surface area contributed by atoms with Crippen molar-refractivity contribution < 1.29 is 5.11 Å². The quantitative estimate of drug-likeness (QED) is 0.915. The minimum absolute atomic E-state index is 0.726. The number of aliphatic hydroxyl groups is 1. The van der Waals surface area contributed by atoms with Crippen molar-refractivity contribution in [1.82, 2.24) is 14.8 Å². The fraction of sp³-hybridized carbons (Fsp3) is 0.273. The van der Waals surface area contributed by atoms with E-state index in [-0.39, 0.29) is 0 Å². The first-order valence-electron chi connectivity index (χ1n) is 5.13. The lowest BCUT2D eigenvalue weighted by molar-refractivity contribution is 0.218. The Morgan fingerprint density at radius 2 is 2.12 bits per heavy atom. The third kappa shape index (κ3) is 2.43. The number of hydrogen-bond acceptors (Lipinski definition) is 3. The first kappa shape index (κ1) is 12.7. The van der Waals surface area contributed by atoms with Crippen molar-refractivity contribution in [3.8, 4) is 0 Å². The van der Waals surface area contributed by atoms with Crippen LogP contribution in [0.5, 0.6) is 0 Å². The van der Waals surface area contributed by atoms with E-state index in [4.69, 9.17) is 0 Å². The summed E-state index contributed by atoms with van der Waals surface area (Å²) in [5.41, 5.74) is 1.46. The molecule has 0 saturated carbocycles. The largest absolute Gasteiger partial charge is 0.383 e. The monoisotopic (exact) mass is 359 g/mol. The first-order chi connectivity index (χ1) is 8.15. The molecule has 1 N–H and O–H groups in total. The zero-order valence-corrected chi connectivity index (χ0v) is 12.3. The van der Waals surface area contributed by atoms with Crippen LogP contribution in [0, 0.1) is 0 Å². The van der Waals surface area contributed by atoms with E-state index in [9.17, 15) is 5.11 Å². The second kappa shape index (κ2) is 5.29. The van der Waals surface area contributed by atoms with Crippen molar-refractivity contribution >= 4 is 31.9 Å². The molecule has 6 heteroatoms. The summed E-state index contributed by atoms with van der Waals surface area (Å²) >= 11 is 6.84. The topological polar surface area (TPSA) is 50.9 Å². The molecule has 0 aliphatic heterocycles. The number of rotatable bonds is 3. The summed E-state index contributed by atoms with van der Waals surface area (Å²) in [6.07, 6.45) is 4.24. The maximum Gasteiger partial charge on any atom is 0.111 e. The number of hydrogen-bond donors (Lipinski definition) is 1. The highest BCUT2D eigenvalue weighted by Crippen LogP contribution is 2.31. The van der Waals surface area contributed by atoms with Crippen molar-refractivity contribution in [1.29, 1.82) is 0 Å². The zero-order valence-electron chi connectivity index (χ0n) is 9.14. The molecule has 0 fully saturated rings. The molecule has 0 saturated heterocycles. The summed E-state index contributed by atoms with van der Waals surface area (Å²) in [6, 6.07) is 1.80. The molecule has 2 rings (SSSR count). The zero-order chi connectivity index (χ0) is 12.4. The number of aryl methyl sites for hydroxylation is 1. The van der Waals surface area contributed by atoms with Gasteiger partial charge in [-0.3, -0.25) is 9.67 Å². The van der Waals surface area contributed by atoms with E-state index in [1.54, 1.807) is 29.3 Å². The van der Waals surface area contributed by atoms with Gasteiger partial charge in [0.25, 0.3) is 0 Å². The van der Waals surface area contributed by atoms with Crippen LogP contribution in [-0.4, -0.2) is 19.9 Å². The summed E-state index contributed by atoms with van der Waals surface area (Å²) in [7, 11) is 0. The Balaban J connectivity index is 2.40. The van der Waals surface area contributed by atoms with E-state index < -0.39 is 6.10 Å². The highest BCUT2D eigenvalue weighted by atomic mass is 79.9. The lowest BCUT2D eigenvalue weighted by Crippen LogP contribution is -2.02. The molecule has 4 nitrogen and oxygen atoms in total. The Hall–Kier alpha value is -0.720. The third-order valence-corrected chi connectivity index (χ3v) is 4.08. The van der Waals surface area contributed by atoms with E-state index in [0.29, 0.717) is 0 Å². The van der Waals surface area contributed by atoms with E-state index in [1.165, 1.54) is 0 Å². The lowest BCUT2D eigenvalue weighted by atomic mass is 10.1. The number of nitrogens with zero attached hydrogens (tertiary/aromatic N) is 3. The van der Waals surface area contributed by atoms with Gasteiger partial charge < -0.3 is 5.11 Å². The molecule has 0 amide bonds. The predicted molar refractivity (Wildman–Crippen MR) is 71.6 cm³/mol. The normalized spacial score (nSPS) is 12.7. The summed E-state index contributed by atoms with van der Waals surface area (Å²) in [5, 5.41) is 14.5. The van der Waals surface area contributed by atoms with Crippen LogP contribution in [0.1, 0.15) is 24.2 Å². The van der Waals surface area contributed by atoms with Gasteiger partial charge >= 0.3 is 0 Å². The van der Waals surface area contributed by atoms with E-state index in [1.807, 2.05) is 6.92 Å². The van der Waals surface area contributed by atoms with E-state index in [0.717, 1.165) is 26.7 Å². The maximum atomic E-state index is 10.3. The van der Waals surface area contributed by atoms with Gasteiger partial charge in [-0.1, -0.05) is 15.9 Å². The summed E-state index contributed by atoms with van der Waals surface area (Å²) < 4.78 is 3.41. The second-order valence-electron chi connectivity index (χ2n) is 3.51. The van der Waals surface area contributed by atoms with Gasteiger partial charge in [0.2, 0.25) is 0 Å². The molecule has 0 spiro atoms. The van der Waals surface area contributed by atoms with Crippen LogP contribution >= 0.6 is 31.9 Å². The molecule has 0 aliphatic carbocycles. The average molecular weight is 361 g/mol. The van der Waals surface area contributed by atoms with Gasteiger partial charge in [0.05, 0.1) is 6.20 Å². The second-order valence-corrected chi connectivity index (χ2v) is 5.11. The molecule has 1 unspecified atom stereocenters. The molecular weight excluding hydrogens is 350 g/mol. The molecule has 0 bridgehead atoms. The highest BCUT2D eigenvalue weighted by molar-refractivity contribution is 9.10.